The molecule has 2 N–H and O–H groups in total. The summed E-state index contributed by atoms with van der Waals surface area (Å²) in [5.74, 6) is 0.850. The van der Waals surface area contributed by atoms with Gasteiger partial charge >= 0.3 is 0 Å². The number of aryl methyl sites for hydroxylation is 1. The summed E-state index contributed by atoms with van der Waals surface area (Å²) in [6.45, 7) is 7.84. The average Bonchev–Trinajstić information content (AvgIpc) is 2.81. The van der Waals surface area contributed by atoms with Crippen molar-refractivity contribution in [2.24, 2.45) is 5.73 Å². The van der Waals surface area contributed by atoms with Crippen LogP contribution in [0.25, 0.3) is 0 Å². The van der Waals surface area contributed by atoms with Crippen molar-refractivity contribution in [1.29, 1.82) is 0 Å². The highest BCUT2D eigenvalue weighted by atomic mass is 16.5. The molecule has 0 saturated heterocycles. The van der Waals surface area contributed by atoms with Crippen LogP contribution in [0.3, 0.4) is 0 Å². The van der Waals surface area contributed by atoms with Crippen molar-refractivity contribution in [3.63, 3.8) is 0 Å². The Morgan fingerprint density at radius 1 is 1.22 bits per heavy atom. The van der Waals surface area contributed by atoms with Crippen LogP contribution in [0.15, 0.2) is 27.8 Å². The quantitative estimate of drug-likeness (QED) is 0.873. The first-order chi connectivity index (χ1) is 11.2. The lowest BCUT2D eigenvalue weighted by Crippen LogP contribution is -2.45. The molecule has 0 fully saturated rings. The molecule has 1 heterocycles. The molecule has 3 rings (SSSR count). The van der Waals surface area contributed by atoms with Gasteiger partial charge < -0.3 is 15.4 Å². The molecule has 1 aliphatic heterocycles. The molecule has 0 unspecified atom stereocenters. The van der Waals surface area contributed by atoms with Gasteiger partial charge in [0.15, 0.2) is 0 Å². The first kappa shape index (κ1) is 17.2. The molecule has 0 bridgehead atoms. The third-order valence-corrected chi connectivity index (χ3v) is 4.01. The Labute approximate surface area is 136 Å². The van der Waals surface area contributed by atoms with Crippen molar-refractivity contribution in [2.75, 3.05) is 18.1 Å². The summed E-state index contributed by atoms with van der Waals surface area (Å²) >= 11 is 0. The largest absolute Gasteiger partial charge is 0.491 e. The summed E-state index contributed by atoms with van der Waals surface area (Å²) in [5.41, 5.74) is 7.89. The van der Waals surface area contributed by atoms with E-state index in [1.54, 1.807) is 0 Å². The molecule has 0 aliphatic carbocycles. The minimum absolute atomic E-state index is 0.110. The van der Waals surface area contributed by atoms with Gasteiger partial charge in [0.25, 0.3) is 0 Å². The number of fused-ring (bicyclic) bond motifs is 1. The number of nitrogens with two attached hydrogens (primary N) is 1. The number of ether oxygens (including phenoxy) is 1. The van der Waals surface area contributed by atoms with Gasteiger partial charge in [-0.2, -0.15) is 0 Å². The summed E-state index contributed by atoms with van der Waals surface area (Å²) in [6.07, 6.45) is 0.946. The Balaban J connectivity index is 0.000000924. The molecular formula is C18H24N2O3. The smallest absolute Gasteiger partial charge is 0.249 e. The lowest BCUT2D eigenvalue weighted by molar-refractivity contribution is 0.331. The Kier molecular flexibility index (Phi) is 5.55. The summed E-state index contributed by atoms with van der Waals surface area (Å²) < 4.78 is 5.74. The molecule has 0 spiro atoms. The van der Waals surface area contributed by atoms with Crippen molar-refractivity contribution in [1.82, 2.24) is 0 Å². The van der Waals surface area contributed by atoms with E-state index in [0.717, 1.165) is 17.7 Å². The molecule has 0 atom stereocenters. The molecule has 2 aromatic rings. The van der Waals surface area contributed by atoms with Gasteiger partial charge in [-0.15, -0.1) is 0 Å². The van der Waals surface area contributed by atoms with E-state index in [1.165, 1.54) is 5.56 Å². The number of hydrogen-bond acceptors (Lipinski definition) is 5. The van der Waals surface area contributed by atoms with Crippen LogP contribution in [-0.4, -0.2) is 13.2 Å². The van der Waals surface area contributed by atoms with Crippen molar-refractivity contribution in [2.45, 2.75) is 40.3 Å². The maximum Gasteiger partial charge on any atom is 0.249 e. The van der Waals surface area contributed by atoms with E-state index in [4.69, 9.17) is 10.5 Å². The Bertz CT molecular complexity index is 745. The van der Waals surface area contributed by atoms with E-state index in [-0.39, 0.29) is 6.54 Å². The second kappa shape index (κ2) is 7.42. The van der Waals surface area contributed by atoms with Crippen LogP contribution in [0.2, 0.25) is 0 Å². The van der Waals surface area contributed by atoms with Crippen molar-refractivity contribution in [3.8, 4) is 5.75 Å². The van der Waals surface area contributed by atoms with Crippen LogP contribution < -0.4 is 26.2 Å². The van der Waals surface area contributed by atoms with Gasteiger partial charge in [-0.25, -0.2) is 0 Å². The van der Waals surface area contributed by atoms with Crippen LogP contribution in [0.1, 0.15) is 37.5 Å². The maximum absolute atomic E-state index is 11.8. The zero-order chi connectivity index (χ0) is 17.0. The van der Waals surface area contributed by atoms with Gasteiger partial charge in [0, 0.05) is 24.2 Å². The van der Waals surface area contributed by atoms with Crippen LogP contribution in [-0.2, 0) is 19.5 Å². The predicted octanol–water partition coefficient (Wildman–Crippen LogP) is 1.73. The molecule has 5 nitrogen and oxygen atoms in total. The SMILES string of the molecule is CC.CCc1ccc2c(c1)CN(c1c(CN)c(=O)c1=O)CCO2. The standard InChI is InChI=1S/C16H18N2O3.C2H6/c1-2-10-3-4-13-11(7-10)9-18(5-6-21-13)14-12(8-17)15(19)16(14)20;1-2/h3-4,7H,2,5-6,8-9,17H2,1H3;1-2H3. The number of hydrogen-bond donors (Lipinski definition) is 1. The molecule has 0 radical (unpaired) electrons. The molecule has 124 valence electrons. The number of nitrogens with zero attached hydrogens (tertiary/aromatic N) is 1. The third kappa shape index (κ3) is 3.15. The van der Waals surface area contributed by atoms with Gasteiger partial charge in [0.2, 0.25) is 10.9 Å². The molecule has 1 aliphatic rings. The van der Waals surface area contributed by atoms with E-state index in [9.17, 15) is 9.59 Å². The maximum atomic E-state index is 11.8. The zero-order valence-electron chi connectivity index (χ0n) is 14.0. The fraction of sp³-hybridized carbons (Fsp3) is 0.444. The van der Waals surface area contributed by atoms with Crippen LogP contribution >= 0.6 is 0 Å². The van der Waals surface area contributed by atoms with E-state index >= 15 is 0 Å². The van der Waals surface area contributed by atoms with Crippen LogP contribution in [0.5, 0.6) is 5.75 Å². The van der Waals surface area contributed by atoms with Crippen LogP contribution in [0.4, 0.5) is 5.69 Å². The summed E-state index contributed by atoms with van der Waals surface area (Å²) in [5, 5.41) is 0. The first-order valence-corrected chi connectivity index (χ1v) is 8.17. The van der Waals surface area contributed by atoms with Gasteiger partial charge in [0.05, 0.1) is 12.2 Å². The van der Waals surface area contributed by atoms with Crippen molar-refractivity contribution < 1.29 is 4.74 Å². The number of benzene rings is 1. The molecule has 0 aromatic heterocycles. The van der Waals surface area contributed by atoms with E-state index in [2.05, 4.69) is 19.1 Å². The van der Waals surface area contributed by atoms with Crippen LogP contribution in [0, 0.1) is 0 Å². The minimum Gasteiger partial charge on any atom is -0.491 e. The van der Waals surface area contributed by atoms with E-state index in [1.807, 2.05) is 24.8 Å². The second-order valence-corrected chi connectivity index (χ2v) is 5.26. The normalized spacial score (nSPS) is 13.7. The Morgan fingerprint density at radius 3 is 2.61 bits per heavy atom. The fourth-order valence-corrected chi connectivity index (χ4v) is 2.81. The van der Waals surface area contributed by atoms with Gasteiger partial charge in [-0.05, 0) is 18.1 Å². The molecule has 5 heteroatoms. The first-order valence-electron chi connectivity index (χ1n) is 8.17. The lowest BCUT2D eigenvalue weighted by atomic mass is 10.0. The van der Waals surface area contributed by atoms with Gasteiger partial charge in [0.1, 0.15) is 12.4 Å². The summed E-state index contributed by atoms with van der Waals surface area (Å²) in [4.78, 5) is 25.3. The molecule has 23 heavy (non-hydrogen) atoms. The monoisotopic (exact) mass is 316 g/mol. The molecule has 0 amide bonds. The average molecular weight is 316 g/mol. The highest BCUT2D eigenvalue weighted by molar-refractivity contribution is 5.59. The second-order valence-electron chi connectivity index (χ2n) is 5.26. The molecule has 0 saturated carbocycles. The molecular weight excluding hydrogens is 292 g/mol. The summed E-state index contributed by atoms with van der Waals surface area (Å²) in [6, 6.07) is 6.13. The highest BCUT2D eigenvalue weighted by Gasteiger charge is 2.26. The van der Waals surface area contributed by atoms with Crippen molar-refractivity contribution in [3.05, 3.63) is 55.3 Å². The lowest BCUT2D eigenvalue weighted by Gasteiger charge is -2.25. The fourth-order valence-electron chi connectivity index (χ4n) is 2.81. The Hall–Kier alpha value is -2.14. The van der Waals surface area contributed by atoms with Gasteiger partial charge in [-0.3, -0.25) is 9.59 Å². The van der Waals surface area contributed by atoms with E-state index < -0.39 is 10.9 Å². The van der Waals surface area contributed by atoms with E-state index in [0.29, 0.717) is 30.9 Å². The summed E-state index contributed by atoms with van der Waals surface area (Å²) in [7, 11) is 0. The third-order valence-electron chi connectivity index (χ3n) is 4.01. The highest BCUT2D eigenvalue weighted by Crippen LogP contribution is 2.27. The number of rotatable bonds is 3. The van der Waals surface area contributed by atoms with Gasteiger partial charge in [-0.1, -0.05) is 32.9 Å². The minimum atomic E-state index is -0.444. The Morgan fingerprint density at radius 2 is 1.96 bits per heavy atom. The van der Waals surface area contributed by atoms with Crippen molar-refractivity contribution >= 4 is 5.69 Å². The topological polar surface area (TPSA) is 72.6 Å². The predicted molar refractivity (Wildman–Crippen MR) is 93.0 cm³/mol. The zero-order valence-corrected chi connectivity index (χ0v) is 14.0. The molecule has 2 aromatic carbocycles. The number of anilines is 1.